The lowest BCUT2D eigenvalue weighted by Gasteiger charge is -2.15. The average molecular weight is 257 g/mol. The van der Waals surface area contributed by atoms with Crippen molar-refractivity contribution in [2.45, 2.75) is 31.3 Å². The van der Waals surface area contributed by atoms with Gasteiger partial charge in [-0.15, -0.1) is 0 Å². The molecule has 0 saturated heterocycles. The number of nitrogens with two attached hydrogens (primary N) is 1. The topological polar surface area (TPSA) is 52.9 Å². The molecule has 0 bridgehead atoms. The maximum atomic E-state index is 12.2. The fraction of sp³-hybridized carbons (Fsp3) is 0.400. The minimum Gasteiger partial charge on any atom is -0.330 e. The fourth-order valence-corrected chi connectivity index (χ4v) is 2.48. The molecule has 1 saturated carbocycles. The van der Waals surface area contributed by atoms with Gasteiger partial charge in [-0.2, -0.15) is 0 Å². The summed E-state index contributed by atoms with van der Waals surface area (Å²) in [6.07, 6.45) is 6.04. The van der Waals surface area contributed by atoms with Gasteiger partial charge in [-0.05, 0) is 18.4 Å². The fourth-order valence-electron chi connectivity index (χ4n) is 2.48. The second-order valence-corrected chi connectivity index (χ2v) is 5.21. The van der Waals surface area contributed by atoms with Crippen molar-refractivity contribution in [2.24, 2.45) is 5.73 Å². The number of imidazole rings is 1. The predicted molar refractivity (Wildman–Crippen MR) is 75.2 cm³/mol. The van der Waals surface area contributed by atoms with Crippen LogP contribution in [-0.2, 0) is 6.54 Å². The first-order valence-corrected chi connectivity index (χ1v) is 6.82. The molecule has 1 aromatic carbocycles. The van der Waals surface area contributed by atoms with Crippen molar-refractivity contribution >= 4 is 0 Å². The Morgan fingerprint density at radius 1 is 1.21 bits per heavy atom. The molecule has 4 nitrogen and oxygen atoms in total. The predicted octanol–water partition coefficient (Wildman–Crippen LogP) is 1.73. The van der Waals surface area contributed by atoms with E-state index in [4.69, 9.17) is 5.73 Å². The van der Waals surface area contributed by atoms with Crippen LogP contribution in [0.3, 0.4) is 0 Å². The molecule has 1 aromatic heterocycles. The van der Waals surface area contributed by atoms with Gasteiger partial charge in [-0.1, -0.05) is 30.3 Å². The zero-order valence-corrected chi connectivity index (χ0v) is 10.9. The molecule has 1 fully saturated rings. The van der Waals surface area contributed by atoms with Gasteiger partial charge in [-0.3, -0.25) is 9.13 Å². The summed E-state index contributed by atoms with van der Waals surface area (Å²) in [5.74, 6) is 0.189. The summed E-state index contributed by atoms with van der Waals surface area (Å²) in [6, 6.07) is 10.6. The summed E-state index contributed by atoms with van der Waals surface area (Å²) in [5.41, 5.74) is 7.14. The van der Waals surface area contributed by atoms with E-state index in [-0.39, 0.29) is 11.6 Å². The van der Waals surface area contributed by atoms with Crippen LogP contribution < -0.4 is 11.4 Å². The Kier molecular flexibility index (Phi) is 3.25. The smallest absolute Gasteiger partial charge is 0.328 e. The van der Waals surface area contributed by atoms with Gasteiger partial charge >= 0.3 is 5.69 Å². The van der Waals surface area contributed by atoms with Crippen LogP contribution >= 0.6 is 0 Å². The molecule has 0 aliphatic heterocycles. The maximum Gasteiger partial charge on any atom is 0.328 e. The molecule has 0 spiro atoms. The van der Waals surface area contributed by atoms with E-state index >= 15 is 0 Å². The summed E-state index contributed by atoms with van der Waals surface area (Å²) in [5, 5.41) is 0. The van der Waals surface area contributed by atoms with Gasteiger partial charge in [0, 0.05) is 37.4 Å². The normalized spacial score (nSPS) is 16.5. The van der Waals surface area contributed by atoms with Crippen molar-refractivity contribution in [3.05, 3.63) is 58.8 Å². The largest absolute Gasteiger partial charge is 0.330 e. The van der Waals surface area contributed by atoms with Crippen LogP contribution in [0.4, 0.5) is 0 Å². The quantitative estimate of drug-likeness (QED) is 0.886. The van der Waals surface area contributed by atoms with Crippen molar-refractivity contribution < 1.29 is 0 Å². The molecule has 0 amide bonds. The number of aromatic nitrogens is 2. The van der Waals surface area contributed by atoms with Crippen LogP contribution in [-0.4, -0.2) is 15.7 Å². The molecule has 1 atom stereocenters. The molecule has 100 valence electrons. The number of rotatable bonds is 5. The molecular weight excluding hydrogens is 238 g/mol. The molecule has 3 rings (SSSR count). The van der Waals surface area contributed by atoms with Crippen LogP contribution in [0.5, 0.6) is 0 Å². The van der Waals surface area contributed by atoms with Crippen molar-refractivity contribution in [2.75, 3.05) is 6.54 Å². The zero-order valence-electron chi connectivity index (χ0n) is 10.9. The lowest BCUT2D eigenvalue weighted by Crippen LogP contribution is -2.28. The molecule has 4 heteroatoms. The van der Waals surface area contributed by atoms with Gasteiger partial charge in [-0.25, -0.2) is 4.79 Å². The molecule has 0 radical (unpaired) electrons. The first kappa shape index (κ1) is 12.2. The Morgan fingerprint density at radius 2 is 1.95 bits per heavy atom. The highest BCUT2D eigenvalue weighted by Crippen LogP contribution is 2.33. The molecule has 1 unspecified atom stereocenters. The van der Waals surface area contributed by atoms with E-state index in [1.165, 1.54) is 5.56 Å². The Labute approximate surface area is 112 Å². The molecule has 19 heavy (non-hydrogen) atoms. The summed E-state index contributed by atoms with van der Waals surface area (Å²) < 4.78 is 3.63. The van der Waals surface area contributed by atoms with Gasteiger partial charge < -0.3 is 5.73 Å². The second kappa shape index (κ2) is 5.05. The van der Waals surface area contributed by atoms with E-state index < -0.39 is 0 Å². The van der Waals surface area contributed by atoms with Gasteiger partial charge in [0.1, 0.15) is 0 Å². The summed E-state index contributed by atoms with van der Waals surface area (Å²) >= 11 is 0. The summed E-state index contributed by atoms with van der Waals surface area (Å²) in [4.78, 5) is 12.2. The van der Waals surface area contributed by atoms with E-state index in [2.05, 4.69) is 12.1 Å². The van der Waals surface area contributed by atoms with Gasteiger partial charge in [0.15, 0.2) is 0 Å². The van der Waals surface area contributed by atoms with Crippen LogP contribution in [0.15, 0.2) is 47.5 Å². The van der Waals surface area contributed by atoms with Crippen molar-refractivity contribution in [1.82, 2.24) is 9.13 Å². The van der Waals surface area contributed by atoms with Crippen LogP contribution in [0.1, 0.15) is 30.4 Å². The van der Waals surface area contributed by atoms with Crippen LogP contribution in [0, 0.1) is 0 Å². The number of hydrogen-bond acceptors (Lipinski definition) is 2. The summed E-state index contributed by atoms with van der Waals surface area (Å²) in [7, 11) is 0. The van der Waals surface area contributed by atoms with Crippen molar-refractivity contribution in [3.8, 4) is 0 Å². The van der Waals surface area contributed by atoms with E-state index in [0.717, 1.165) is 12.8 Å². The average Bonchev–Trinajstić information content (AvgIpc) is 3.22. The lowest BCUT2D eigenvalue weighted by molar-refractivity contribution is 0.538. The Bertz CT molecular complexity index is 595. The van der Waals surface area contributed by atoms with Crippen LogP contribution in [0.25, 0.3) is 0 Å². The minimum atomic E-state index is 0.0943. The molecule has 1 aliphatic carbocycles. The third-order valence-corrected chi connectivity index (χ3v) is 3.79. The van der Waals surface area contributed by atoms with Crippen molar-refractivity contribution in [1.29, 1.82) is 0 Å². The molecule has 2 aromatic rings. The maximum absolute atomic E-state index is 12.2. The van der Waals surface area contributed by atoms with E-state index in [1.54, 1.807) is 4.57 Å². The van der Waals surface area contributed by atoms with Gasteiger partial charge in [0.25, 0.3) is 0 Å². The molecule has 1 heterocycles. The third kappa shape index (κ3) is 2.49. The molecular formula is C15H19N3O. The van der Waals surface area contributed by atoms with Gasteiger partial charge in [0.2, 0.25) is 0 Å². The van der Waals surface area contributed by atoms with Gasteiger partial charge in [0.05, 0.1) is 0 Å². The Hall–Kier alpha value is -1.81. The Balaban J connectivity index is 1.81. The van der Waals surface area contributed by atoms with Crippen molar-refractivity contribution in [3.63, 3.8) is 0 Å². The highest BCUT2D eigenvalue weighted by Gasteiger charge is 2.25. The minimum absolute atomic E-state index is 0.0943. The molecule has 2 N–H and O–H groups in total. The first-order valence-electron chi connectivity index (χ1n) is 6.82. The first-order chi connectivity index (χ1) is 9.29. The van der Waals surface area contributed by atoms with Crippen LogP contribution in [0.2, 0.25) is 0 Å². The van der Waals surface area contributed by atoms with E-state index in [9.17, 15) is 4.79 Å². The highest BCUT2D eigenvalue weighted by atomic mass is 16.1. The highest BCUT2D eigenvalue weighted by molar-refractivity contribution is 5.19. The number of nitrogens with zero attached hydrogens (tertiary/aromatic N) is 2. The van der Waals surface area contributed by atoms with E-state index in [0.29, 0.717) is 19.1 Å². The SMILES string of the molecule is NCC(Cn1ccn(C2CC2)c1=O)c1ccccc1. The third-order valence-electron chi connectivity index (χ3n) is 3.79. The van der Waals surface area contributed by atoms with E-state index in [1.807, 2.05) is 35.2 Å². The standard InChI is InChI=1S/C15H19N3O/c16-10-13(12-4-2-1-3-5-12)11-17-8-9-18(15(17)19)14-6-7-14/h1-5,8-9,13-14H,6-7,10-11,16H2. The lowest BCUT2D eigenvalue weighted by atomic mass is 9.99. The molecule has 1 aliphatic rings. The Morgan fingerprint density at radius 3 is 2.58 bits per heavy atom. The summed E-state index contributed by atoms with van der Waals surface area (Å²) in [6.45, 7) is 1.20. The monoisotopic (exact) mass is 257 g/mol. The number of hydrogen-bond donors (Lipinski definition) is 1. The zero-order chi connectivity index (χ0) is 13.2. The number of benzene rings is 1. The second-order valence-electron chi connectivity index (χ2n) is 5.21.